The Hall–Kier alpha value is -1.28. The van der Waals surface area contributed by atoms with Gasteiger partial charge in [-0.1, -0.05) is 24.3 Å². The van der Waals surface area contributed by atoms with Gasteiger partial charge in [0.05, 0.1) is 6.61 Å². The van der Waals surface area contributed by atoms with E-state index in [1.807, 2.05) is 12.1 Å². The molecule has 0 aromatic heterocycles. The first kappa shape index (κ1) is 12.2. The number of benzene rings is 1. The van der Waals surface area contributed by atoms with E-state index < -0.39 is 0 Å². The fraction of sp³-hybridized carbons (Fsp3) is 0.467. The van der Waals surface area contributed by atoms with Crippen LogP contribution in [0, 0.1) is 0 Å². The molecule has 0 saturated heterocycles. The molecule has 0 fully saturated rings. The van der Waals surface area contributed by atoms with E-state index in [0.29, 0.717) is 12.1 Å². The van der Waals surface area contributed by atoms with E-state index in [2.05, 4.69) is 37.0 Å². The second kappa shape index (κ2) is 5.87. The molecule has 1 aromatic rings. The van der Waals surface area contributed by atoms with Crippen molar-refractivity contribution in [1.29, 1.82) is 0 Å². The van der Waals surface area contributed by atoms with Crippen LogP contribution in [0.15, 0.2) is 36.9 Å². The predicted octanol–water partition coefficient (Wildman–Crippen LogP) is 3.45. The number of nitrogens with one attached hydrogen (secondary N) is 1. The summed E-state index contributed by atoms with van der Waals surface area (Å²) >= 11 is 0. The molecule has 0 amide bonds. The molecular formula is C15H21NO. The van der Waals surface area contributed by atoms with E-state index in [4.69, 9.17) is 4.74 Å². The lowest BCUT2D eigenvalue weighted by Crippen LogP contribution is -2.33. The van der Waals surface area contributed by atoms with Gasteiger partial charge in [0.25, 0.3) is 0 Å². The van der Waals surface area contributed by atoms with Gasteiger partial charge in [-0.3, -0.25) is 0 Å². The molecule has 1 aliphatic heterocycles. The normalized spacial score (nSPS) is 20.2. The van der Waals surface area contributed by atoms with Crippen molar-refractivity contribution in [2.24, 2.45) is 0 Å². The Morgan fingerprint density at radius 3 is 3.18 bits per heavy atom. The summed E-state index contributed by atoms with van der Waals surface area (Å²) in [6.45, 7) is 6.81. The smallest absolute Gasteiger partial charge is 0.124 e. The van der Waals surface area contributed by atoms with Crippen molar-refractivity contribution >= 4 is 0 Å². The highest BCUT2D eigenvalue weighted by Crippen LogP contribution is 2.31. The minimum atomic E-state index is 0.430. The summed E-state index contributed by atoms with van der Waals surface area (Å²) in [4.78, 5) is 0. The molecule has 17 heavy (non-hydrogen) atoms. The molecule has 0 aliphatic carbocycles. The molecular weight excluding hydrogens is 210 g/mol. The maximum Gasteiger partial charge on any atom is 0.124 e. The van der Waals surface area contributed by atoms with E-state index in [1.165, 1.54) is 5.56 Å². The summed E-state index contributed by atoms with van der Waals surface area (Å²) in [6.07, 6.45) is 5.24. The fourth-order valence-electron chi connectivity index (χ4n) is 2.31. The summed E-state index contributed by atoms with van der Waals surface area (Å²) in [5.74, 6) is 1.03. The number of ether oxygens (including phenoxy) is 1. The highest BCUT2D eigenvalue weighted by Gasteiger charge is 2.21. The van der Waals surface area contributed by atoms with Crippen molar-refractivity contribution in [3.05, 3.63) is 42.5 Å². The predicted molar refractivity (Wildman–Crippen MR) is 71.3 cm³/mol. The Bertz CT molecular complexity index is 375. The number of hydrogen-bond acceptors (Lipinski definition) is 2. The third kappa shape index (κ3) is 3.10. The van der Waals surface area contributed by atoms with Crippen LogP contribution in [0.25, 0.3) is 0 Å². The van der Waals surface area contributed by atoms with Crippen molar-refractivity contribution < 1.29 is 4.74 Å². The summed E-state index contributed by atoms with van der Waals surface area (Å²) in [5.41, 5.74) is 1.30. The average molecular weight is 231 g/mol. The van der Waals surface area contributed by atoms with E-state index in [1.54, 1.807) is 0 Å². The maximum absolute atomic E-state index is 5.66. The van der Waals surface area contributed by atoms with Gasteiger partial charge in [0.2, 0.25) is 0 Å². The zero-order valence-corrected chi connectivity index (χ0v) is 10.5. The quantitative estimate of drug-likeness (QED) is 0.784. The van der Waals surface area contributed by atoms with Gasteiger partial charge in [-0.05, 0) is 25.8 Å². The lowest BCUT2D eigenvalue weighted by molar-refractivity contribution is 0.244. The van der Waals surface area contributed by atoms with E-state index >= 15 is 0 Å². The third-order valence-electron chi connectivity index (χ3n) is 3.25. The standard InChI is InChI=1S/C15H21NO/c1-3-4-7-12(2)16-14-10-11-17-15-9-6-5-8-13(14)15/h3,5-6,8-9,12,14,16H,1,4,7,10-11H2,2H3. The fourth-order valence-corrected chi connectivity index (χ4v) is 2.31. The molecule has 0 saturated carbocycles. The summed E-state index contributed by atoms with van der Waals surface area (Å²) in [7, 11) is 0. The Morgan fingerprint density at radius 1 is 1.53 bits per heavy atom. The maximum atomic E-state index is 5.66. The first-order valence-corrected chi connectivity index (χ1v) is 6.40. The molecule has 1 N–H and O–H groups in total. The minimum Gasteiger partial charge on any atom is -0.493 e. The largest absolute Gasteiger partial charge is 0.493 e. The van der Waals surface area contributed by atoms with Gasteiger partial charge in [-0.25, -0.2) is 0 Å². The molecule has 2 unspecified atom stereocenters. The molecule has 92 valence electrons. The zero-order valence-electron chi connectivity index (χ0n) is 10.5. The van der Waals surface area contributed by atoms with Crippen molar-refractivity contribution in [2.45, 2.75) is 38.3 Å². The first-order chi connectivity index (χ1) is 8.31. The van der Waals surface area contributed by atoms with Crippen LogP contribution >= 0.6 is 0 Å². The van der Waals surface area contributed by atoms with Crippen LogP contribution in [0.2, 0.25) is 0 Å². The van der Waals surface area contributed by atoms with E-state index in [9.17, 15) is 0 Å². The Balaban J connectivity index is 2.00. The Kier molecular flexibility index (Phi) is 4.21. The topological polar surface area (TPSA) is 21.3 Å². The molecule has 1 aliphatic rings. The van der Waals surface area contributed by atoms with Gasteiger partial charge >= 0.3 is 0 Å². The van der Waals surface area contributed by atoms with Gasteiger partial charge in [0.15, 0.2) is 0 Å². The molecule has 0 spiro atoms. The molecule has 2 nitrogen and oxygen atoms in total. The summed E-state index contributed by atoms with van der Waals surface area (Å²) < 4.78 is 5.66. The minimum absolute atomic E-state index is 0.430. The molecule has 0 bridgehead atoms. The second-order valence-corrected chi connectivity index (χ2v) is 4.66. The number of allylic oxidation sites excluding steroid dienone is 1. The molecule has 2 heteroatoms. The van der Waals surface area contributed by atoms with Crippen molar-refractivity contribution in [3.8, 4) is 5.75 Å². The number of rotatable bonds is 5. The van der Waals surface area contributed by atoms with Crippen LogP contribution in [0.1, 0.15) is 37.8 Å². The van der Waals surface area contributed by atoms with Gasteiger partial charge in [-0.2, -0.15) is 0 Å². The van der Waals surface area contributed by atoms with Crippen molar-refractivity contribution in [3.63, 3.8) is 0 Å². The van der Waals surface area contributed by atoms with Crippen LogP contribution in [0.4, 0.5) is 0 Å². The molecule has 0 radical (unpaired) electrons. The lowest BCUT2D eigenvalue weighted by Gasteiger charge is -2.29. The van der Waals surface area contributed by atoms with Crippen LogP contribution < -0.4 is 10.1 Å². The monoisotopic (exact) mass is 231 g/mol. The number of hydrogen-bond donors (Lipinski definition) is 1. The molecule has 2 atom stereocenters. The third-order valence-corrected chi connectivity index (χ3v) is 3.25. The average Bonchev–Trinajstić information content (AvgIpc) is 2.37. The van der Waals surface area contributed by atoms with E-state index in [0.717, 1.165) is 31.6 Å². The summed E-state index contributed by atoms with van der Waals surface area (Å²) in [5, 5.41) is 3.68. The van der Waals surface area contributed by atoms with Gasteiger partial charge in [0.1, 0.15) is 5.75 Å². The summed E-state index contributed by atoms with van der Waals surface area (Å²) in [6, 6.07) is 9.27. The first-order valence-electron chi connectivity index (χ1n) is 6.40. The van der Waals surface area contributed by atoms with Gasteiger partial charge in [0, 0.05) is 24.1 Å². The SMILES string of the molecule is C=CCCC(C)NC1CCOc2ccccc21. The van der Waals surface area contributed by atoms with Crippen LogP contribution in [-0.4, -0.2) is 12.6 Å². The Labute approximate surface area is 104 Å². The number of fused-ring (bicyclic) bond motifs is 1. The van der Waals surface area contributed by atoms with Crippen LogP contribution in [0.5, 0.6) is 5.75 Å². The lowest BCUT2D eigenvalue weighted by atomic mass is 9.99. The van der Waals surface area contributed by atoms with Crippen LogP contribution in [0.3, 0.4) is 0 Å². The van der Waals surface area contributed by atoms with E-state index in [-0.39, 0.29) is 0 Å². The van der Waals surface area contributed by atoms with Crippen molar-refractivity contribution in [2.75, 3.05) is 6.61 Å². The molecule has 1 heterocycles. The highest BCUT2D eigenvalue weighted by molar-refractivity contribution is 5.37. The number of para-hydroxylation sites is 1. The van der Waals surface area contributed by atoms with Gasteiger partial charge < -0.3 is 10.1 Å². The Morgan fingerprint density at radius 2 is 2.35 bits per heavy atom. The molecule has 1 aromatic carbocycles. The van der Waals surface area contributed by atoms with Gasteiger partial charge in [-0.15, -0.1) is 6.58 Å². The van der Waals surface area contributed by atoms with Crippen molar-refractivity contribution in [1.82, 2.24) is 5.32 Å². The second-order valence-electron chi connectivity index (χ2n) is 4.66. The highest BCUT2D eigenvalue weighted by atomic mass is 16.5. The molecule has 2 rings (SSSR count). The zero-order chi connectivity index (χ0) is 12.1. The van der Waals surface area contributed by atoms with Crippen LogP contribution in [-0.2, 0) is 0 Å².